The number of nitrogens with one attached hydrogen (secondary N) is 1. The molecule has 4 nitrogen and oxygen atoms in total. The van der Waals surface area contributed by atoms with E-state index in [0.717, 1.165) is 49.4 Å². The number of imidazole rings is 1. The van der Waals surface area contributed by atoms with Crippen LogP contribution in [0.25, 0.3) is 22.2 Å². The zero-order valence-corrected chi connectivity index (χ0v) is 13.0. The van der Waals surface area contributed by atoms with Crippen LogP contribution in [-0.2, 0) is 4.74 Å². The van der Waals surface area contributed by atoms with Gasteiger partial charge in [0.05, 0.1) is 24.0 Å². The second-order valence-electron chi connectivity index (χ2n) is 6.03. The van der Waals surface area contributed by atoms with Crippen LogP contribution < -0.4 is 4.74 Å². The molecule has 4 rings (SSSR count). The molecule has 3 aromatic rings. The van der Waals surface area contributed by atoms with Crippen LogP contribution in [0.5, 0.6) is 5.75 Å². The van der Waals surface area contributed by atoms with Crippen molar-refractivity contribution >= 4 is 11.0 Å². The summed E-state index contributed by atoms with van der Waals surface area (Å²) in [5, 5.41) is 0. The third-order valence-corrected chi connectivity index (χ3v) is 4.43. The van der Waals surface area contributed by atoms with Gasteiger partial charge < -0.3 is 14.5 Å². The molecule has 4 heteroatoms. The smallest absolute Gasteiger partial charge is 0.119 e. The molecule has 23 heavy (non-hydrogen) atoms. The third-order valence-electron chi connectivity index (χ3n) is 4.43. The molecule has 0 amide bonds. The van der Waals surface area contributed by atoms with Crippen LogP contribution in [0, 0.1) is 5.92 Å². The highest BCUT2D eigenvalue weighted by Crippen LogP contribution is 2.25. The van der Waals surface area contributed by atoms with E-state index >= 15 is 0 Å². The molecule has 1 aliphatic heterocycles. The van der Waals surface area contributed by atoms with Gasteiger partial charge in [0, 0.05) is 13.2 Å². The van der Waals surface area contributed by atoms with Crippen molar-refractivity contribution in [3.63, 3.8) is 0 Å². The molecule has 0 bridgehead atoms. The van der Waals surface area contributed by atoms with Crippen LogP contribution in [-0.4, -0.2) is 29.8 Å². The van der Waals surface area contributed by atoms with Crippen LogP contribution in [0.15, 0.2) is 48.8 Å². The van der Waals surface area contributed by atoms with Gasteiger partial charge in [-0.15, -0.1) is 0 Å². The number of hydrogen-bond acceptors (Lipinski definition) is 3. The van der Waals surface area contributed by atoms with Crippen molar-refractivity contribution < 1.29 is 9.47 Å². The summed E-state index contributed by atoms with van der Waals surface area (Å²) in [6.45, 7) is 2.51. The molecule has 1 aliphatic rings. The molecule has 1 fully saturated rings. The summed E-state index contributed by atoms with van der Waals surface area (Å²) >= 11 is 0. The van der Waals surface area contributed by atoms with Gasteiger partial charge in [-0.1, -0.05) is 18.2 Å². The molecule has 1 aromatic heterocycles. The topological polar surface area (TPSA) is 47.1 Å². The van der Waals surface area contributed by atoms with E-state index in [0.29, 0.717) is 5.92 Å². The van der Waals surface area contributed by atoms with Crippen LogP contribution in [0.4, 0.5) is 0 Å². The summed E-state index contributed by atoms with van der Waals surface area (Å²) in [5.74, 6) is 1.55. The summed E-state index contributed by atoms with van der Waals surface area (Å²) in [7, 11) is 0. The first kappa shape index (κ1) is 14.3. The van der Waals surface area contributed by atoms with Crippen molar-refractivity contribution in [2.24, 2.45) is 5.92 Å². The first-order valence-electron chi connectivity index (χ1n) is 8.12. The van der Waals surface area contributed by atoms with Gasteiger partial charge in [0.25, 0.3) is 0 Å². The fourth-order valence-corrected chi connectivity index (χ4v) is 2.99. The van der Waals surface area contributed by atoms with Crippen molar-refractivity contribution in [1.29, 1.82) is 0 Å². The van der Waals surface area contributed by atoms with Crippen molar-refractivity contribution in [2.45, 2.75) is 12.8 Å². The fraction of sp³-hybridized carbons (Fsp3) is 0.316. The Morgan fingerprint density at radius 3 is 2.65 bits per heavy atom. The van der Waals surface area contributed by atoms with Crippen molar-refractivity contribution in [2.75, 3.05) is 19.8 Å². The lowest BCUT2D eigenvalue weighted by molar-refractivity contribution is 0.0497. The van der Waals surface area contributed by atoms with E-state index in [4.69, 9.17) is 9.47 Å². The molecule has 0 unspecified atom stereocenters. The molecule has 0 atom stereocenters. The number of fused-ring (bicyclic) bond motifs is 1. The number of H-pyrrole nitrogens is 1. The maximum Gasteiger partial charge on any atom is 0.119 e. The third kappa shape index (κ3) is 3.22. The predicted octanol–water partition coefficient (Wildman–Crippen LogP) is 4.04. The minimum atomic E-state index is 0.617. The Kier molecular flexibility index (Phi) is 3.99. The molecule has 0 spiro atoms. The number of hydrogen-bond donors (Lipinski definition) is 1. The van der Waals surface area contributed by atoms with Gasteiger partial charge in [-0.05, 0) is 54.2 Å². The highest BCUT2D eigenvalue weighted by atomic mass is 16.5. The lowest BCUT2D eigenvalue weighted by Crippen LogP contribution is -2.21. The molecule has 2 heterocycles. The fourth-order valence-electron chi connectivity index (χ4n) is 2.99. The van der Waals surface area contributed by atoms with E-state index in [-0.39, 0.29) is 0 Å². The number of ether oxygens (including phenoxy) is 2. The molecular formula is C19H20N2O2. The molecular weight excluding hydrogens is 288 g/mol. The van der Waals surface area contributed by atoms with Gasteiger partial charge in [0.2, 0.25) is 0 Å². The number of rotatable bonds is 4. The second kappa shape index (κ2) is 6.42. The summed E-state index contributed by atoms with van der Waals surface area (Å²) in [6, 6.07) is 14.6. The quantitative estimate of drug-likeness (QED) is 0.791. The van der Waals surface area contributed by atoms with Gasteiger partial charge in [0.1, 0.15) is 5.75 Å². The Balaban J connectivity index is 1.44. The largest absolute Gasteiger partial charge is 0.493 e. The van der Waals surface area contributed by atoms with Gasteiger partial charge in [0.15, 0.2) is 0 Å². The van der Waals surface area contributed by atoms with Crippen molar-refractivity contribution in [1.82, 2.24) is 9.97 Å². The lowest BCUT2D eigenvalue weighted by atomic mass is 10.0. The minimum Gasteiger partial charge on any atom is -0.493 e. The number of nitrogens with zero attached hydrogens (tertiary/aromatic N) is 1. The Morgan fingerprint density at radius 1 is 1.04 bits per heavy atom. The van der Waals surface area contributed by atoms with Crippen LogP contribution in [0.2, 0.25) is 0 Å². The van der Waals surface area contributed by atoms with Crippen LogP contribution in [0.1, 0.15) is 12.8 Å². The zero-order chi connectivity index (χ0) is 15.5. The van der Waals surface area contributed by atoms with Crippen LogP contribution in [0.3, 0.4) is 0 Å². The monoisotopic (exact) mass is 308 g/mol. The van der Waals surface area contributed by atoms with Crippen molar-refractivity contribution in [3.05, 3.63) is 48.8 Å². The Labute approximate surface area is 135 Å². The minimum absolute atomic E-state index is 0.617. The van der Waals surface area contributed by atoms with E-state index in [1.807, 2.05) is 18.2 Å². The summed E-state index contributed by atoms with van der Waals surface area (Å²) in [6.07, 6.45) is 3.92. The van der Waals surface area contributed by atoms with Gasteiger partial charge in [-0.3, -0.25) is 0 Å². The number of aromatic nitrogens is 2. The molecule has 1 saturated heterocycles. The lowest BCUT2D eigenvalue weighted by Gasteiger charge is -2.22. The zero-order valence-electron chi connectivity index (χ0n) is 13.0. The highest BCUT2D eigenvalue weighted by molar-refractivity contribution is 5.81. The van der Waals surface area contributed by atoms with E-state index in [2.05, 4.69) is 34.2 Å². The first-order valence-corrected chi connectivity index (χ1v) is 8.12. The first-order chi connectivity index (χ1) is 11.4. The molecule has 1 N–H and O–H groups in total. The average molecular weight is 308 g/mol. The second-order valence-corrected chi connectivity index (χ2v) is 6.03. The van der Waals surface area contributed by atoms with Gasteiger partial charge in [-0.25, -0.2) is 4.98 Å². The predicted molar refractivity (Wildman–Crippen MR) is 90.6 cm³/mol. The number of benzene rings is 2. The standard InChI is InChI=1S/C19H20N2O2/c1-4-17(23-12-14-7-9-22-10-8-14)5-2-15(1)16-3-6-18-19(11-16)21-13-20-18/h1-6,11,13-14H,7-10,12H2,(H,20,21). The summed E-state index contributed by atoms with van der Waals surface area (Å²) in [4.78, 5) is 7.40. The van der Waals surface area contributed by atoms with E-state index in [1.54, 1.807) is 6.33 Å². The average Bonchev–Trinajstić information content (AvgIpc) is 3.09. The maximum atomic E-state index is 5.92. The van der Waals surface area contributed by atoms with E-state index in [1.165, 1.54) is 11.1 Å². The SMILES string of the molecule is c1nc2ccc(-c3ccc(OCC4CCOCC4)cc3)cc2[nH]1. The molecule has 118 valence electrons. The highest BCUT2D eigenvalue weighted by Gasteiger charge is 2.14. The Bertz CT molecular complexity index is 773. The van der Waals surface area contributed by atoms with Crippen molar-refractivity contribution in [3.8, 4) is 16.9 Å². The van der Waals surface area contributed by atoms with E-state index < -0.39 is 0 Å². The summed E-state index contributed by atoms with van der Waals surface area (Å²) in [5.41, 5.74) is 4.41. The van der Waals surface area contributed by atoms with Crippen LogP contribution >= 0.6 is 0 Å². The Hall–Kier alpha value is -2.33. The molecule has 0 radical (unpaired) electrons. The van der Waals surface area contributed by atoms with E-state index in [9.17, 15) is 0 Å². The number of aromatic amines is 1. The molecule has 0 aliphatic carbocycles. The maximum absolute atomic E-state index is 5.92. The van der Waals surface area contributed by atoms with Gasteiger partial charge >= 0.3 is 0 Å². The molecule has 0 saturated carbocycles. The molecule has 2 aromatic carbocycles. The Morgan fingerprint density at radius 2 is 1.83 bits per heavy atom. The summed E-state index contributed by atoms with van der Waals surface area (Å²) < 4.78 is 11.3. The van der Waals surface area contributed by atoms with Gasteiger partial charge in [-0.2, -0.15) is 0 Å². The normalized spacial score (nSPS) is 15.8.